The number of carbonyl (C=O) groups is 3. The molecule has 3 aliphatic rings. The standard InChI is InChI=1S/C29H30F4N2O6/c1-40-22-12-19(30)23(41-17-6-4-13(5-7-17)29(38)39)11-18(22)27(36)35-26-15-3-2-14(8-15)24(26)28(37)34-16-9-20(31)25(33)21(32)10-16/h9-15,17,24,26H,2-8H2,1H3,(H,34,37)(H,35,36)(H,38,39)/t13?,14-,15+,17?,24+,26-/m1/s1. The van der Waals surface area contributed by atoms with Gasteiger partial charge in [0.25, 0.3) is 5.91 Å². The second-order valence-corrected chi connectivity index (χ2v) is 11.0. The van der Waals surface area contributed by atoms with Crippen LogP contribution < -0.4 is 20.1 Å². The van der Waals surface area contributed by atoms with Gasteiger partial charge >= 0.3 is 5.97 Å². The van der Waals surface area contributed by atoms with Gasteiger partial charge in [0.2, 0.25) is 5.91 Å². The maximum atomic E-state index is 14.9. The number of hydrogen-bond acceptors (Lipinski definition) is 5. The molecular formula is C29H30F4N2O6. The van der Waals surface area contributed by atoms with Crippen LogP contribution in [-0.2, 0) is 9.59 Å². The highest BCUT2D eigenvalue weighted by Crippen LogP contribution is 2.49. The summed E-state index contributed by atoms with van der Waals surface area (Å²) in [6, 6.07) is 3.04. The van der Waals surface area contributed by atoms with Gasteiger partial charge in [-0.25, -0.2) is 17.6 Å². The number of hydrogen-bond donors (Lipinski definition) is 3. The number of ether oxygens (including phenoxy) is 2. The van der Waals surface area contributed by atoms with Crippen molar-refractivity contribution in [2.24, 2.45) is 23.7 Å². The van der Waals surface area contributed by atoms with Crippen LogP contribution in [0.3, 0.4) is 0 Å². The number of rotatable bonds is 8. The molecule has 0 aliphatic heterocycles. The van der Waals surface area contributed by atoms with Crippen molar-refractivity contribution in [1.82, 2.24) is 5.32 Å². The molecule has 0 unspecified atom stereocenters. The minimum absolute atomic E-state index is 0.00673. The molecule has 0 aromatic heterocycles. The first-order valence-corrected chi connectivity index (χ1v) is 13.6. The number of halogens is 4. The molecule has 0 saturated heterocycles. The van der Waals surface area contributed by atoms with E-state index in [2.05, 4.69) is 10.6 Å². The molecule has 3 saturated carbocycles. The molecular weight excluding hydrogens is 548 g/mol. The van der Waals surface area contributed by atoms with Gasteiger partial charge in [-0.3, -0.25) is 14.4 Å². The van der Waals surface area contributed by atoms with Crippen molar-refractivity contribution in [3.8, 4) is 11.5 Å². The highest BCUT2D eigenvalue weighted by atomic mass is 19.2. The van der Waals surface area contributed by atoms with Gasteiger partial charge in [-0.2, -0.15) is 0 Å². The molecule has 3 aliphatic carbocycles. The Kier molecular flexibility index (Phi) is 8.10. The van der Waals surface area contributed by atoms with E-state index in [1.165, 1.54) is 13.2 Å². The maximum absolute atomic E-state index is 14.9. The van der Waals surface area contributed by atoms with Crippen LogP contribution in [0.15, 0.2) is 24.3 Å². The molecule has 0 radical (unpaired) electrons. The van der Waals surface area contributed by atoms with Gasteiger partial charge in [0.15, 0.2) is 29.0 Å². The number of benzene rings is 2. The summed E-state index contributed by atoms with van der Waals surface area (Å²) >= 11 is 0. The van der Waals surface area contributed by atoms with E-state index in [1.807, 2.05) is 0 Å². The van der Waals surface area contributed by atoms with E-state index in [1.54, 1.807) is 0 Å². The fourth-order valence-electron chi connectivity index (χ4n) is 6.54. The third kappa shape index (κ3) is 5.82. The smallest absolute Gasteiger partial charge is 0.306 e. The summed E-state index contributed by atoms with van der Waals surface area (Å²) < 4.78 is 66.7. The molecule has 41 heavy (non-hydrogen) atoms. The Morgan fingerprint density at radius 1 is 0.854 bits per heavy atom. The van der Waals surface area contributed by atoms with Gasteiger partial charge < -0.3 is 25.2 Å². The van der Waals surface area contributed by atoms with Crippen molar-refractivity contribution in [1.29, 1.82) is 0 Å². The molecule has 12 heteroatoms. The minimum Gasteiger partial charge on any atom is -0.496 e. The van der Waals surface area contributed by atoms with E-state index < -0.39 is 65.0 Å². The van der Waals surface area contributed by atoms with Crippen molar-refractivity contribution in [3.63, 3.8) is 0 Å². The average Bonchev–Trinajstić information content (AvgIpc) is 3.55. The fraction of sp³-hybridized carbons (Fsp3) is 0.483. The number of carboxylic acids is 1. The molecule has 8 nitrogen and oxygen atoms in total. The average molecular weight is 579 g/mol. The Hall–Kier alpha value is -3.83. The minimum atomic E-state index is -1.64. The molecule has 5 rings (SSSR count). The summed E-state index contributed by atoms with van der Waals surface area (Å²) in [7, 11) is 1.29. The molecule has 220 valence electrons. The number of methoxy groups -OCH3 is 1. The lowest BCUT2D eigenvalue weighted by Gasteiger charge is -2.31. The van der Waals surface area contributed by atoms with E-state index >= 15 is 0 Å². The Bertz CT molecular complexity index is 1340. The summed E-state index contributed by atoms with van der Waals surface area (Å²) in [5.74, 6) is -8.77. The summed E-state index contributed by atoms with van der Waals surface area (Å²) in [5, 5.41) is 14.5. The molecule has 2 amide bonds. The Balaban J connectivity index is 1.32. The molecule has 2 aromatic carbocycles. The number of amides is 2. The van der Waals surface area contributed by atoms with Gasteiger partial charge in [0.1, 0.15) is 5.75 Å². The van der Waals surface area contributed by atoms with E-state index in [0.717, 1.165) is 18.9 Å². The topological polar surface area (TPSA) is 114 Å². The predicted molar refractivity (Wildman–Crippen MR) is 137 cm³/mol. The first-order valence-electron chi connectivity index (χ1n) is 13.6. The van der Waals surface area contributed by atoms with Crippen molar-refractivity contribution in [2.45, 2.75) is 57.1 Å². The molecule has 0 heterocycles. The van der Waals surface area contributed by atoms with E-state index in [9.17, 15) is 37.1 Å². The number of fused-ring (bicyclic) bond motifs is 2. The van der Waals surface area contributed by atoms with Gasteiger partial charge in [0.05, 0.1) is 30.6 Å². The second kappa shape index (κ2) is 11.6. The lowest BCUT2D eigenvalue weighted by atomic mass is 9.83. The number of anilines is 1. The second-order valence-electron chi connectivity index (χ2n) is 11.0. The van der Waals surface area contributed by atoms with Crippen LogP contribution in [0.2, 0.25) is 0 Å². The van der Waals surface area contributed by atoms with Crippen molar-refractivity contribution >= 4 is 23.5 Å². The highest BCUT2D eigenvalue weighted by Gasteiger charge is 2.51. The number of aliphatic carboxylic acids is 1. The van der Waals surface area contributed by atoms with Crippen LogP contribution in [-0.4, -0.2) is 42.1 Å². The van der Waals surface area contributed by atoms with Gasteiger partial charge in [-0.05, 0) is 62.8 Å². The summed E-state index contributed by atoms with van der Waals surface area (Å²) in [5.41, 5.74) is -0.244. The Morgan fingerprint density at radius 3 is 2.15 bits per heavy atom. The van der Waals surface area contributed by atoms with Crippen molar-refractivity contribution < 1.29 is 46.5 Å². The fourth-order valence-corrected chi connectivity index (χ4v) is 6.54. The molecule has 0 spiro atoms. The SMILES string of the molecule is COc1cc(F)c(OC2CCC(C(=O)O)CC2)cc1C(=O)N[C@@H]1[C@H]2CC[C@H](C2)[C@@H]1C(=O)Nc1cc(F)c(F)c(F)c1. The van der Waals surface area contributed by atoms with Crippen LogP contribution in [0, 0.1) is 46.9 Å². The van der Waals surface area contributed by atoms with Crippen LogP contribution in [0.5, 0.6) is 11.5 Å². The zero-order valence-electron chi connectivity index (χ0n) is 22.2. The summed E-state index contributed by atoms with van der Waals surface area (Å²) in [6.45, 7) is 0. The lowest BCUT2D eigenvalue weighted by Crippen LogP contribution is -2.48. The number of nitrogens with one attached hydrogen (secondary N) is 2. The molecule has 4 atom stereocenters. The third-order valence-corrected chi connectivity index (χ3v) is 8.58. The van der Waals surface area contributed by atoms with E-state index in [0.29, 0.717) is 44.2 Å². The zero-order chi connectivity index (χ0) is 29.4. The summed E-state index contributed by atoms with van der Waals surface area (Å²) in [6.07, 6.45) is 3.41. The first-order chi connectivity index (χ1) is 19.5. The Morgan fingerprint density at radius 2 is 1.51 bits per heavy atom. The van der Waals surface area contributed by atoms with Gasteiger partial charge in [-0.1, -0.05) is 0 Å². The highest BCUT2D eigenvalue weighted by molar-refractivity contribution is 5.99. The van der Waals surface area contributed by atoms with Crippen LogP contribution in [0.25, 0.3) is 0 Å². The predicted octanol–water partition coefficient (Wildman–Crippen LogP) is 5.06. The lowest BCUT2D eigenvalue weighted by molar-refractivity contribution is -0.143. The van der Waals surface area contributed by atoms with Crippen molar-refractivity contribution in [2.75, 3.05) is 12.4 Å². The Labute approximate surface area is 233 Å². The normalized spacial score (nSPS) is 26.9. The van der Waals surface area contributed by atoms with E-state index in [4.69, 9.17) is 9.47 Å². The summed E-state index contributed by atoms with van der Waals surface area (Å²) in [4.78, 5) is 37.9. The third-order valence-electron chi connectivity index (χ3n) is 8.58. The van der Waals surface area contributed by atoms with Crippen molar-refractivity contribution in [3.05, 3.63) is 53.1 Å². The van der Waals surface area contributed by atoms with E-state index in [-0.39, 0.29) is 34.6 Å². The largest absolute Gasteiger partial charge is 0.496 e. The van der Waals surface area contributed by atoms with Crippen LogP contribution in [0.4, 0.5) is 23.2 Å². The molecule has 2 bridgehead atoms. The first kappa shape index (κ1) is 28.7. The molecule has 3 fully saturated rings. The quantitative estimate of drug-likeness (QED) is 0.298. The monoisotopic (exact) mass is 578 g/mol. The van der Waals surface area contributed by atoms with Crippen LogP contribution in [0.1, 0.15) is 55.3 Å². The number of carbonyl (C=O) groups excluding carboxylic acids is 2. The number of carboxylic acid groups (broad SMARTS) is 1. The van der Waals surface area contributed by atoms with Gasteiger partial charge in [-0.15, -0.1) is 0 Å². The van der Waals surface area contributed by atoms with Crippen LogP contribution >= 0.6 is 0 Å². The van der Waals surface area contributed by atoms with Gasteiger partial charge in [0, 0.05) is 29.9 Å². The molecule has 2 aromatic rings. The molecule has 3 N–H and O–H groups in total. The zero-order valence-corrected chi connectivity index (χ0v) is 22.2. The maximum Gasteiger partial charge on any atom is 0.306 e.